The lowest BCUT2D eigenvalue weighted by Crippen LogP contribution is -2.13. The van der Waals surface area contributed by atoms with E-state index >= 15 is 0 Å². The summed E-state index contributed by atoms with van der Waals surface area (Å²) in [6.07, 6.45) is -4.69. The predicted octanol–water partition coefficient (Wildman–Crippen LogP) is 3.45. The molecule has 0 aliphatic rings. The molecule has 0 amide bonds. The van der Waals surface area contributed by atoms with Gasteiger partial charge < -0.3 is 4.74 Å². The molecule has 0 saturated heterocycles. The van der Waals surface area contributed by atoms with E-state index in [1.54, 1.807) is 0 Å². The minimum Gasteiger partial charge on any atom is -0.492 e. The lowest BCUT2D eigenvalue weighted by atomic mass is 10.0. The summed E-state index contributed by atoms with van der Waals surface area (Å²) >= 11 is 0. The number of carbonyl (C=O) groups excluding carboxylic acids is 1. The highest BCUT2D eigenvalue weighted by Gasteiger charge is 2.37. The van der Waals surface area contributed by atoms with Gasteiger partial charge in [0.05, 0.1) is 17.7 Å². The van der Waals surface area contributed by atoms with E-state index in [0.29, 0.717) is 12.1 Å². The van der Waals surface area contributed by atoms with Crippen LogP contribution in [-0.2, 0) is 6.18 Å². The SMILES string of the molecule is CCOc1c(C(F)(F)F)ccc(F)c1C(C)=O. The standard InChI is InChI=1S/C11H10F4O2/c1-3-17-10-7(11(13,14)15)4-5-8(12)9(10)6(2)16/h4-5H,3H2,1-2H3. The largest absolute Gasteiger partial charge is 0.492 e. The lowest BCUT2D eigenvalue weighted by Gasteiger charge is -2.16. The Labute approximate surface area is 95.2 Å². The quantitative estimate of drug-likeness (QED) is 0.606. The number of Topliss-reactive ketones (excluding diaryl/α,β-unsaturated/α-hetero) is 1. The van der Waals surface area contributed by atoms with Gasteiger partial charge in [0.15, 0.2) is 5.78 Å². The van der Waals surface area contributed by atoms with E-state index in [2.05, 4.69) is 0 Å². The average molecular weight is 250 g/mol. The number of carbonyl (C=O) groups is 1. The monoisotopic (exact) mass is 250 g/mol. The zero-order valence-electron chi connectivity index (χ0n) is 9.19. The van der Waals surface area contributed by atoms with E-state index in [1.165, 1.54) is 6.92 Å². The maximum Gasteiger partial charge on any atom is 0.419 e. The fraction of sp³-hybridized carbons (Fsp3) is 0.364. The first-order chi connectivity index (χ1) is 7.79. The van der Waals surface area contributed by atoms with Crippen LogP contribution in [0.1, 0.15) is 29.8 Å². The minimum atomic E-state index is -4.69. The minimum absolute atomic E-state index is 0.0905. The number of ether oxygens (including phenoxy) is 1. The molecule has 94 valence electrons. The van der Waals surface area contributed by atoms with Crippen LogP contribution in [0.25, 0.3) is 0 Å². The fourth-order valence-corrected chi connectivity index (χ4v) is 1.40. The highest BCUT2D eigenvalue weighted by Crippen LogP contribution is 2.39. The van der Waals surface area contributed by atoms with Gasteiger partial charge in [-0.15, -0.1) is 0 Å². The Morgan fingerprint density at radius 3 is 2.35 bits per heavy atom. The van der Waals surface area contributed by atoms with Crippen LogP contribution >= 0.6 is 0 Å². The predicted molar refractivity (Wildman–Crippen MR) is 52.6 cm³/mol. The molecule has 0 aliphatic carbocycles. The van der Waals surface area contributed by atoms with Crippen molar-refractivity contribution in [1.82, 2.24) is 0 Å². The molecular weight excluding hydrogens is 240 g/mol. The van der Waals surface area contributed by atoms with E-state index in [-0.39, 0.29) is 6.61 Å². The van der Waals surface area contributed by atoms with Gasteiger partial charge in [0, 0.05) is 0 Å². The van der Waals surface area contributed by atoms with Crippen molar-refractivity contribution in [2.75, 3.05) is 6.61 Å². The van der Waals surface area contributed by atoms with E-state index in [1.807, 2.05) is 0 Å². The van der Waals surface area contributed by atoms with E-state index in [0.717, 1.165) is 6.92 Å². The van der Waals surface area contributed by atoms with E-state index in [9.17, 15) is 22.4 Å². The van der Waals surface area contributed by atoms with Gasteiger partial charge in [-0.25, -0.2) is 4.39 Å². The van der Waals surface area contributed by atoms with Gasteiger partial charge in [-0.1, -0.05) is 0 Å². The molecule has 0 saturated carbocycles. The summed E-state index contributed by atoms with van der Waals surface area (Å²) in [7, 11) is 0. The maximum absolute atomic E-state index is 13.3. The van der Waals surface area contributed by atoms with Crippen LogP contribution < -0.4 is 4.74 Å². The molecule has 17 heavy (non-hydrogen) atoms. The molecule has 1 aromatic rings. The zero-order valence-corrected chi connectivity index (χ0v) is 9.19. The van der Waals surface area contributed by atoms with Gasteiger partial charge in [0.2, 0.25) is 0 Å². The number of hydrogen-bond acceptors (Lipinski definition) is 2. The first-order valence-corrected chi connectivity index (χ1v) is 4.82. The van der Waals surface area contributed by atoms with E-state index < -0.39 is 34.7 Å². The van der Waals surface area contributed by atoms with Crippen LogP contribution in [0.2, 0.25) is 0 Å². The smallest absolute Gasteiger partial charge is 0.419 e. The molecule has 0 spiro atoms. The summed E-state index contributed by atoms with van der Waals surface area (Å²) in [5.41, 5.74) is -1.81. The molecule has 0 aromatic heterocycles. The summed E-state index contributed by atoms with van der Waals surface area (Å²) in [4.78, 5) is 11.2. The van der Waals surface area contributed by atoms with Crippen LogP contribution in [0, 0.1) is 5.82 Å². The number of ketones is 1. The maximum atomic E-state index is 13.3. The van der Waals surface area contributed by atoms with Crippen molar-refractivity contribution in [3.63, 3.8) is 0 Å². The Bertz CT molecular complexity index is 438. The summed E-state index contributed by atoms with van der Waals surface area (Å²) in [5.74, 6) is -2.57. The Morgan fingerprint density at radius 2 is 1.94 bits per heavy atom. The van der Waals surface area contributed by atoms with Gasteiger partial charge in [-0.2, -0.15) is 13.2 Å². The van der Waals surface area contributed by atoms with Crippen LogP contribution in [0.3, 0.4) is 0 Å². The Hall–Kier alpha value is -1.59. The Kier molecular flexibility index (Phi) is 3.75. The molecule has 0 fully saturated rings. The summed E-state index contributed by atoms with van der Waals surface area (Å²) in [5, 5.41) is 0. The van der Waals surface area contributed by atoms with Crippen LogP contribution in [0.5, 0.6) is 5.75 Å². The molecule has 0 aliphatic heterocycles. The van der Waals surface area contributed by atoms with Crippen molar-refractivity contribution in [2.45, 2.75) is 20.0 Å². The fourth-order valence-electron chi connectivity index (χ4n) is 1.40. The van der Waals surface area contributed by atoms with Gasteiger partial charge in [0.1, 0.15) is 11.6 Å². The number of benzene rings is 1. The topological polar surface area (TPSA) is 26.3 Å². The second kappa shape index (κ2) is 4.73. The van der Waals surface area contributed by atoms with Crippen molar-refractivity contribution in [2.24, 2.45) is 0 Å². The Morgan fingerprint density at radius 1 is 1.35 bits per heavy atom. The van der Waals surface area contributed by atoms with Crippen molar-refractivity contribution in [3.8, 4) is 5.75 Å². The third kappa shape index (κ3) is 2.75. The summed E-state index contributed by atoms with van der Waals surface area (Å²) < 4.78 is 56.0. The number of hydrogen-bond donors (Lipinski definition) is 0. The average Bonchev–Trinajstić information content (AvgIpc) is 2.15. The van der Waals surface area contributed by atoms with Gasteiger partial charge >= 0.3 is 6.18 Å². The van der Waals surface area contributed by atoms with Crippen LogP contribution in [-0.4, -0.2) is 12.4 Å². The highest BCUT2D eigenvalue weighted by molar-refractivity contribution is 5.97. The summed E-state index contributed by atoms with van der Waals surface area (Å²) in [6.45, 7) is 2.35. The van der Waals surface area contributed by atoms with Gasteiger partial charge in [-0.3, -0.25) is 4.79 Å². The molecular formula is C11H10F4O2. The zero-order chi connectivity index (χ0) is 13.2. The third-order valence-electron chi connectivity index (χ3n) is 2.05. The second-order valence-corrected chi connectivity index (χ2v) is 3.29. The molecule has 1 aromatic carbocycles. The first kappa shape index (κ1) is 13.5. The molecule has 0 radical (unpaired) electrons. The van der Waals surface area contributed by atoms with Crippen LogP contribution in [0.15, 0.2) is 12.1 Å². The van der Waals surface area contributed by atoms with Crippen LogP contribution in [0.4, 0.5) is 17.6 Å². The molecule has 6 heteroatoms. The molecule has 0 heterocycles. The molecule has 0 N–H and O–H groups in total. The normalized spacial score (nSPS) is 11.4. The number of rotatable bonds is 3. The molecule has 0 bridgehead atoms. The molecule has 1 rings (SSSR count). The second-order valence-electron chi connectivity index (χ2n) is 3.29. The summed E-state index contributed by atoms with van der Waals surface area (Å²) in [6, 6.07) is 1.18. The molecule has 2 nitrogen and oxygen atoms in total. The van der Waals surface area contributed by atoms with Gasteiger partial charge in [-0.05, 0) is 26.0 Å². The Balaban J connectivity index is 3.53. The van der Waals surface area contributed by atoms with Crippen molar-refractivity contribution < 1.29 is 27.1 Å². The van der Waals surface area contributed by atoms with Gasteiger partial charge in [0.25, 0.3) is 0 Å². The number of alkyl halides is 3. The molecule has 0 unspecified atom stereocenters. The molecule has 0 atom stereocenters. The van der Waals surface area contributed by atoms with Crippen molar-refractivity contribution in [1.29, 1.82) is 0 Å². The highest BCUT2D eigenvalue weighted by atomic mass is 19.4. The lowest BCUT2D eigenvalue weighted by molar-refractivity contribution is -0.139. The third-order valence-corrected chi connectivity index (χ3v) is 2.05. The first-order valence-electron chi connectivity index (χ1n) is 4.82. The number of halogens is 4. The van der Waals surface area contributed by atoms with Crippen molar-refractivity contribution in [3.05, 3.63) is 29.1 Å². The van der Waals surface area contributed by atoms with E-state index in [4.69, 9.17) is 4.74 Å². The van der Waals surface area contributed by atoms with Crippen molar-refractivity contribution >= 4 is 5.78 Å².